The summed E-state index contributed by atoms with van der Waals surface area (Å²) in [6.07, 6.45) is -1.42. The van der Waals surface area contributed by atoms with E-state index in [9.17, 15) is 18.0 Å². The summed E-state index contributed by atoms with van der Waals surface area (Å²) in [5.74, 6) is -1.34. The summed E-state index contributed by atoms with van der Waals surface area (Å²) in [6, 6.07) is 6.37. The van der Waals surface area contributed by atoms with Crippen molar-refractivity contribution in [2.45, 2.75) is 18.5 Å². The highest BCUT2D eigenvalue weighted by Gasteiger charge is 2.30. The van der Waals surface area contributed by atoms with Crippen molar-refractivity contribution >= 4 is 17.4 Å². The summed E-state index contributed by atoms with van der Waals surface area (Å²) in [7, 11) is 0. The van der Waals surface area contributed by atoms with Crippen LogP contribution in [0.2, 0.25) is 0 Å². The lowest BCUT2D eigenvalue weighted by Crippen LogP contribution is -2.46. The number of carbonyl (C=O) groups is 1. The van der Waals surface area contributed by atoms with Gasteiger partial charge in [0.25, 0.3) is 12.3 Å². The van der Waals surface area contributed by atoms with E-state index in [0.717, 1.165) is 6.07 Å². The highest BCUT2D eigenvalue weighted by molar-refractivity contribution is 6.03. The fourth-order valence-electron chi connectivity index (χ4n) is 2.70. The van der Waals surface area contributed by atoms with Crippen molar-refractivity contribution in [3.05, 3.63) is 59.2 Å². The monoisotopic (exact) mass is 388 g/mol. The Hall–Kier alpha value is -3.45. The number of anilines is 1. The molecule has 2 unspecified atom stereocenters. The molecule has 0 spiro atoms. The summed E-state index contributed by atoms with van der Waals surface area (Å²) < 4.78 is 39.8. The van der Waals surface area contributed by atoms with Crippen LogP contribution in [0.5, 0.6) is 0 Å². The standard InChI is InChI=1S/C18H15F3N6O/c19-12-3-2-10(26-18(28)13-4-1-9(6-22)7-24-13)5-11(12)15-17(23)27-14(8-25-15)16(20)21/h1-5,7,14-16,25H,8H2,(H2,23,27)(H,26,28). The predicted octanol–water partition coefficient (Wildman–Crippen LogP) is 1.98. The quantitative estimate of drug-likeness (QED) is 0.741. The molecule has 144 valence electrons. The molecule has 1 aliphatic heterocycles. The summed E-state index contributed by atoms with van der Waals surface area (Å²) in [5, 5.41) is 14.1. The number of benzene rings is 1. The molecular weight excluding hydrogens is 373 g/mol. The van der Waals surface area contributed by atoms with Gasteiger partial charge in [-0.3, -0.25) is 9.79 Å². The summed E-state index contributed by atoms with van der Waals surface area (Å²) >= 11 is 0. The Morgan fingerprint density at radius 3 is 2.75 bits per heavy atom. The Balaban J connectivity index is 1.81. The SMILES string of the molecule is N#Cc1ccc(C(=O)Nc2ccc(F)c(C3NCC(C(F)F)N=C3N)c2)nc1. The van der Waals surface area contributed by atoms with Crippen molar-refractivity contribution in [2.75, 3.05) is 11.9 Å². The highest BCUT2D eigenvalue weighted by atomic mass is 19.3. The largest absolute Gasteiger partial charge is 0.386 e. The van der Waals surface area contributed by atoms with Crippen molar-refractivity contribution in [1.82, 2.24) is 10.3 Å². The Morgan fingerprint density at radius 2 is 2.14 bits per heavy atom. The van der Waals surface area contributed by atoms with Gasteiger partial charge in [0, 0.05) is 24.0 Å². The van der Waals surface area contributed by atoms with Crippen molar-refractivity contribution in [3.63, 3.8) is 0 Å². The van der Waals surface area contributed by atoms with E-state index in [1.165, 1.54) is 30.5 Å². The molecule has 2 aromatic rings. The molecule has 0 bridgehead atoms. The van der Waals surface area contributed by atoms with Crippen LogP contribution in [0.25, 0.3) is 0 Å². The molecule has 0 aliphatic carbocycles. The number of hydrogen-bond donors (Lipinski definition) is 3. The van der Waals surface area contributed by atoms with Crippen molar-refractivity contribution in [3.8, 4) is 6.07 Å². The molecule has 7 nitrogen and oxygen atoms in total. The van der Waals surface area contributed by atoms with Crippen LogP contribution in [0.15, 0.2) is 41.5 Å². The fraction of sp³-hybridized carbons (Fsp3) is 0.222. The van der Waals surface area contributed by atoms with E-state index in [1.807, 2.05) is 6.07 Å². The Bertz CT molecular complexity index is 955. The zero-order valence-corrected chi connectivity index (χ0v) is 14.4. The van der Waals surface area contributed by atoms with Crippen LogP contribution in [-0.2, 0) is 0 Å². The number of amides is 1. The molecule has 1 amide bonds. The van der Waals surface area contributed by atoms with Gasteiger partial charge in [-0.2, -0.15) is 5.26 Å². The fourth-order valence-corrected chi connectivity index (χ4v) is 2.70. The van der Waals surface area contributed by atoms with Crippen LogP contribution in [-0.4, -0.2) is 35.7 Å². The Kier molecular flexibility index (Phi) is 5.56. The van der Waals surface area contributed by atoms with E-state index in [2.05, 4.69) is 20.6 Å². The van der Waals surface area contributed by atoms with Gasteiger partial charge in [0.05, 0.1) is 11.6 Å². The number of hydrogen-bond acceptors (Lipinski definition) is 6. The van der Waals surface area contributed by atoms with Crippen LogP contribution in [0.4, 0.5) is 18.9 Å². The lowest BCUT2D eigenvalue weighted by molar-refractivity contribution is 0.102. The maximum Gasteiger partial charge on any atom is 0.274 e. The molecule has 2 heterocycles. The summed E-state index contributed by atoms with van der Waals surface area (Å²) in [5.41, 5.74) is 6.45. The second-order valence-electron chi connectivity index (χ2n) is 6.03. The molecule has 1 aliphatic rings. The third kappa shape index (κ3) is 4.10. The van der Waals surface area contributed by atoms with E-state index in [4.69, 9.17) is 11.0 Å². The zero-order chi connectivity index (χ0) is 20.3. The molecule has 10 heteroatoms. The number of alkyl halides is 2. The lowest BCUT2D eigenvalue weighted by atomic mass is 10.0. The number of pyridine rings is 1. The molecule has 0 fully saturated rings. The highest BCUT2D eigenvalue weighted by Crippen LogP contribution is 2.25. The van der Waals surface area contributed by atoms with E-state index in [0.29, 0.717) is 5.56 Å². The summed E-state index contributed by atoms with van der Waals surface area (Å²) in [6.45, 7) is -0.159. The zero-order valence-electron chi connectivity index (χ0n) is 14.4. The first-order valence-electron chi connectivity index (χ1n) is 8.20. The van der Waals surface area contributed by atoms with E-state index >= 15 is 0 Å². The number of halogens is 3. The van der Waals surface area contributed by atoms with Crippen LogP contribution < -0.4 is 16.4 Å². The van der Waals surface area contributed by atoms with E-state index in [-0.39, 0.29) is 29.3 Å². The van der Waals surface area contributed by atoms with Gasteiger partial charge in [-0.15, -0.1) is 0 Å². The Morgan fingerprint density at radius 1 is 1.36 bits per heavy atom. The van der Waals surface area contributed by atoms with Crippen molar-refractivity contribution < 1.29 is 18.0 Å². The minimum atomic E-state index is -2.68. The molecule has 3 rings (SSSR count). The first-order valence-corrected chi connectivity index (χ1v) is 8.20. The first kappa shape index (κ1) is 19.3. The third-order valence-electron chi connectivity index (χ3n) is 4.12. The number of aliphatic imine (C=N–C) groups is 1. The number of aromatic nitrogens is 1. The average Bonchev–Trinajstić information content (AvgIpc) is 2.69. The normalized spacial score (nSPS) is 19.0. The van der Waals surface area contributed by atoms with Crippen LogP contribution >= 0.6 is 0 Å². The number of carbonyl (C=O) groups excluding carboxylic acids is 1. The van der Waals surface area contributed by atoms with Gasteiger partial charge < -0.3 is 16.4 Å². The average molecular weight is 388 g/mol. The predicted molar refractivity (Wildman–Crippen MR) is 95.5 cm³/mol. The third-order valence-corrected chi connectivity index (χ3v) is 4.12. The molecule has 1 aromatic carbocycles. The number of nitrogens with two attached hydrogens (primary N) is 1. The van der Waals surface area contributed by atoms with Crippen LogP contribution in [0, 0.1) is 17.1 Å². The maximum absolute atomic E-state index is 14.3. The topological polar surface area (TPSA) is 116 Å². The van der Waals surface area contributed by atoms with Crippen LogP contribution in [0.3, 0.4) is 0 Å². The minimum absolute atomic E-state index is 0.0690. The van der Waals surface area contributed by atoms with E-state index < -0.39 is 30.2 Å². The van der Waals surface area contributed by atoms with Crippen molar-refractivity contribution in [1.29, 1.82) is 5.26 Å². The molecular formula is C18H15F3N6O. The molecule has 0 radical (unpaired) electrons. The molecule has 28 heavy (non-hydrogen) atoms. The van der Waals surface area contributed by atoms with Crippen LogP contribution in [0.1, 0.15) is 27.7 Å². The van der Waals surface area contributed by atoms with Gasteiger partial charge in [0.2, 0.25) is 0 Å². The van der Waals surface area contributed by atoms with E-state index in [1.54, 1.807) is 0 Å². The Labute approximate surface area is 158 Å². The van der Waals surface area contributed by atoms with Gasteiger partial charge in [-0.05, 0) is 30.3 Å². The molecule has 2 atom stereocenters. The number of nitrogens with zero attached hydrogens (tertiary/aromatic N) is 3. The lowest BCUT2D eigenvalue weighted by Gasteiger charge is -2.27. The second kappa shape index (κ2) is 8.06. The van der Waals surface area contributed by atoms with Gasteiger partial charge in [-0.25, -0.2) is 18.2 Å². The molecule has 0 saturated carbocycles. The smallest absolute Gasteiger partial charge is 0.274 e. The number of rotatable bonds is 4. The number of nitriles is 1. The minimum Gasteiger partial charge on any atom is -0.386 e. The number of nitrogens with one attached hydrogen (secondary N) is 2. The molecule has 4 N–H and O–H groups in total. The van der Waals surface area contributed by atoms with Gasteiger partial charge in [-0.1, -0.05) is 0 Å². The molecule has 0 saturated heterocycles. The first-order chi connectivity index (χ1) is 13.4. The van der Waals surface area contributed by atoms with Crippen molar-refractivity contribution in [2.24, 2.45) is 10.7 Å². The second-order valence-corrected chi connectivity index (χ2v) is 6.03. The van der Waals surface area contributed by atoms with Gasteiger partial charge >= 0.3 is 0 Å². The maximum atomic E-state index is 14.3. The van der Waals surface area contributed by atoms with Gasteiger partial charge in [0.1, 0.15) is 29.5 Å². The van der Waals surface area contributed by atoms with Gasteiger partial charge in [0.15, 0.2) is 0 Å². The number of amidine groups is 1. The summed E-state index contributed by atoms with van der Waals surface area (Å²) in [4.78, 5) is 19.9. The molecule has 1 aromatic heterocycles.